The molecule has 0 radical (unpaired) electrons. The van der Waals surface area contributed by atoms with Gasteiger partial charge in [-0.1, -0.05) is 24.3 Å². The molecule has 2 aromatic heterocycles. The van der Waals surface area contributed by atoms with Crippen molar-refractivity contribution in [2.24, 2.45) is 0 Å². The van der Waals surface area contributed by atoms with E-state index in [4.69, 9.17) is 0 Å². The first kappa shape index (κ1) is 18.4. The lowest BCUT2D eigenvalue weighted by Crippen LogP contribution is -2.36. The molecule has 28 heavy (non-hydrogen) atoms. The van der Waals surface area contributed by atoms with Gasteiger partial charge in [0.25, 0.3) is 0 Å². The van der Waals surface area contributed by atoms with Crippen LogP contribution in [0.3, 0.4) is 0 Å². The summed E-state index contributed by atoms with van der Waals surface area (Å²) in [6.45, 7) is 5.10. The van der Waals surface area contributed by atoms with Gasteiger partial charge >= 0.3 is 5.97 Å². The quantitative estimate of drug-likeness (QED) is 0.669. The van der Waals surface area contributed by atoms with Gasteiger partial charge in [0.1, 0.15) is 0 Å². The molecular formula is C22H24N4O2. The van der Waals surface area contributed by atoms with Crippen molar-refractivity contribution in [3.8, 4) is 0 Å². The van der Waals surface area contributed by atoms with E-state index in [1.807, 2.05) is 12.4 Å². The molecule has 0 saturated carbocycles. The summed E-state index contributed by atoms with van der Waals surface area (Å²) in [5, 5.41) is 16.3. The minimum atomic E-state index is -0.955. The molecule has 6 heteroatoms. The number of aromatic carboxylic acids is 1. The van der Waals surface area contributed by atoms with Crippen LogP contribution >= 0.6 is 0 Å². The van der Waals surface area contributed by atoms with E-state index in [0.29, 0.717) is 13.0 Å². The van der Waals surface area contributed by atoms with Crippen LogP contribution in [0.2, 0.25) is 0 Å². The van der Waals surface area contributed by atoms with Gasteiger partial charge in [0, 0.05) is 41.6 Å². The highest BCUT2D eigenvalue weighted by molar-refractivity contribution is 5.87. The van der Waals surface area contributed by atoms with Gasteiger partial charge in [-0.25, -0.2) is 4.79 Å². The Balaban J connectivity index is 1.58. The van der Waals surface area contributed by atoms with Crippen molar-refractivity contribution >= 4 is 16.7 Å². The van der Waals surface area contributed by atoms with E-state index in [-0.39, 0.29) is 11.7 Å². The molecule has 1 unspecified atom stereocenters. The van der Waals surface area contributed by atoms with Crippen molar-refractivity contribution in [3.63, 3.8) is 0 Å². The number of hydrogen-bond acceptors (Lipinski definition) is 4. The molecule has 1 aliphatic rings. The first-order chi connectivity index (χ1) is 13.6. The topological polar surface area (TPSA) is 71.2 Å². The first-order valence-electron chi connectivity index (χ1n) is 9.53. The highest BCUT2D eigenvalue weighted by Gasteiger charge is 2.30. The van der Waals surface area contributed by atoms with E-state index in [2.05, 4.69) is 52.9 Å². The molecule has 2 heterocycles. The number of carboxylic acids is 1. The summed E-state index contributed by atoms with van der Waals surface area (Å²) < 4.78 is 1.79. The Hall–Kier alpha value is -2.99. The fraction of sp³-hybridized carbons (Fsp3) is 0.318. The molecule has 3 aromatic rings. The summed E-state index contributed by atoms with van der Waals surface area (Å²) >= 11 is 0. The molecule has 144 valence electrons. The second kappa shape index (κ2) is 7.56. The fourth-order valence-electron chi connectivity index (χ4n) is 4.22. The molecule has 4 rings (SSSR count). The molecule has 6 nitrogen and oxygen atoms in total. The van der Waals surface area contributed by atoms with Gasteiger partial charge in [0.2, 0.25) is 0 Å². The Morgan fingerprint density at radius 3 is 3.07 bits per heavy atom. The minimum Gasteiger partial charge on any atom is -0.476 e. The molecule has 1 aromatic carbocycles. The van der Waals surface area contributed by atoms with Gasteiger partial charge in [-0.2, -0.15) is 5.10 Å². The zero-order valence-electron chi connectivity index (χ0n) is 16.0. The molecule has 0 spiro atoms. The van der Waals surface area contributed by atoms with Crippen molar-refractivity contribution in [3.05, 3.63) is 71.8 Å². The highest BCUT2D eigenvalue weighted by Crippen LogP contribution is 2.29. The van der Waals surface area contributed by atoms with Crippen LogP contribution in [0.15, 0.2) is 49.3 Å². The number of fused-ring (bicyclic) bond motifs is 2. The number of carboxylic acid groups (broad SMARTS) is 1. The summed E-state index contributed by atoms with van der Waals surface area (Å²) in [7, 11) is 2.12. The highest BCUT2D eigenvalue weighted by atomic mass is 16.4. The Morgan fingerprint density at radius 1 is 1.43 bits per heavy atom. The van der Waals surface area contributed by atoms with Crippen LogP contribution in [0.1, 0.15) is 33.7 Å². The van der Waals surface area contributed by atoms with Crippen LogP contribution in [-0.2, 0) is 25.9 Å². The average Bonchev–Trinajstić information content (AvgIpc) is 3.07. The molecule has 0 amide bonds. The number of pyridine rings is 1. The number of aromatic nitrogens is 3. The standard InChI is InChI=1S/C22H24N4O2/c1-3-11-26-20-8-7-17(12-19(20)21(24-26)22(27)28)25(2)14-16-6-4-5-15-13-23-10-9-18(15)16/h3-6,9-10,13,17H,1,7-8,11-12,14H2,2H3,(H,27,28). The van der Waals surface area contributed by atoms with E-state index >= 15 is 0 Å². The van der Waals surface area contributed by atoms with Crippen molar-refractivity contribution in [1.29, 1.82) is 0 Å². The zero-order chi connectivity index (χ0) is 19.7. The maximum Gasteiger partial charge on any atom is 0.356 e. The van der Waals surface area contributed by atoms with Gasteiger partial charge in [0.05, 0.1) is 6.54 Å². The van der Waals surface area contributed by atoms with E-state index in [9.17, 15) is 9.90 Å². The molecule has 0 aliphatic heterocycles. The molecule has 0 bridgehead atoms. The SMILES string of the molecule is C=CCn1nc(C(=O)O)c2c1CCC(N(C)Cc1cccc3cnccc13)C2. The number of carbonyl (C=O) groups is 1. The fourth-order valence-corrected chi connectivity index (χ4v) is 4.22. The van der Waals surface area contributed by atoms with Gasteiger partial charge < -0.3 is 5.11 Å². The lowest BCUT2D eigenvalue weighted by Gasteiger charge is -2.32. The Labute approximate surface area is 164 Å². The maximum atomic E-state index is 11.7. The number of benzene rings is 1. The Bertz CT molecular complexity index is 1030. The van der Waals surface area contributed by atoms with Crippen molar-refractivity contribution in [2.45, 2.75) is 38.4 Å². The number of nitrogens with zero attached hydrogens (tertiary/aromatic N) is 4. The van der Waals surface area contributed by atoms with Crippen molar-refractivity contribution < 1.29 is 9.90 Å². The van der Waals surface area contributed by atoms with Gasteiger partial charge in [-0.05, 0) is 43.3 Å². The van der Waals surface area contributed by atoms with E-state index in [1.54, 1.807) is 10.8 Å². The van der Waals surface area contributed by atoms with Crippen molar-refractivity contribution in [1.82, 2.24) is 19.7 Å². The zero-order valence-corrected chi connectivity index (χ0v) is 16.0. The van der Waals surface area contributed by atoms with Crippen LogP contribution in [0.5, 0.6) is 0 Å². The Morgan fingerprint density at radius 2 is 2.29 bits per heavy atom. The molecular weight excluding hydrogens is 352 g/mol. The predicted octanol–water partition coefficient (Wildman–Crippen LogP) is 3.30. The summed E-state index contributed by atoms with van der Waals surface area (Å²) in [6, 6.07) is 8.63. The van der Waals surface area contributed by atoms with E-state index in [0.717, 1.165) is 36.0 Å². The van der Waals surface area contributed by atoms with E-state index < -0.39 is 5.97 Å². The molecule has 0 fully saturated rings. The van der Waals surface area contributed by atoms with Gasteiger partial charge in [-0.15, -0.1) is 6.58 Å². The minimum absolute atomic E-state index is 0.186. The third kappa shape index (κ3) is 3.31. The number of likely N-dealkylation sites (N-methyl/N-ethyl adjacent to an activating group) is 1. The molecule has 0 saturated heterocycles. The van der Waals surface area contributed by atoms with Crippen LogP contribution in [0.25, 0.3) is 10.8 Å². The third-order valence-electron chi connectivity index (χ3n) is 5.64. The third-order valence-corrected chi connectivity index (χ3v) is 5.64. The molecule has 1 aliphatic carbocycles. The second-order valence-electron chi connectivity index (χ2n) is 7.38. The summed E-state index contributed by atoms with van der Waals surface area (Å²) in [6.07, 6.45) is 7.99. The van der Waals surface area contributed by atoms with Crippen molar-refractivity contribution in [2.75, 3.05) is 7.05 Å². The lowest BCUT2D eigenvalue weighted by atomic mass is 9.90. The second-order valence-corrected chi connectivity index (χ2v) is 7.38. The van der Waals surface area contributed by atoms with Gasteiger partial charge in [0.15, 0.2) is 5.69 Å². The summed E-state index contributed by atoms with van der Waals surface area (Å²) in [5.41, 5.74) is 3.36. The van der Waals surface area contributed by atoms with E-state index in [1.165, 1.54) is 10.9 Å². The maximum absolute atomic E-state index is 11.7. The van der Waals surface area contributed by atoms with Crippen LogP contribution < -0.4 is 0 Å². The monoisotopic (exact) mass is 376 g/mol. The number of hydrogen-bond donors (Lipinski definition) is 1. The van der Waals surface area contributed by atoms with Gasteiger partial charge in [-0.3, -0.25) is 14.6 Å². The first-order valence-corrected chi connectivity index (χ1v) is 9.53. The summed E-state index contributed by atoms with van der Waals surface area (Å²) in [4.78, 5) is 18.2. The lowest BCUT2D eigenvalue weighted by molar-refractivity contribution is 0.0687. The predicted molar refractivity (Wildman–Crippen MR) is 108 cm³/mol. The number of allylic oxidation sites excluding steroid dienone is 1. The summed E-state index contributed by atoms with van der Waals surface area (Å²) in [5.74, 6) is -0.955. The smallest absolute Gasteiger partial charge is 0.356 e. The van der Waals surface area contributed by atoms with Crippen LogP contribution in [-0.4, -0.2) is 43.8 Å². The molecule has 1 atom stereocenters. The average molecular weight is 376 g/mol. The normalized spacial score (nSPS) is 16.3. The van der Waals surface area contributed by atoms with Crippen LogP contribution in [0.4, 0.5) is 0 Å². The van der Waals surface area contributed by atoms with Crippen LogP contribution in [0, 0.1) is 0 Å². The molecule has 1 N–H and O–H groups in total. The Kier molecular flexibility index (Phi) is 4.96. The largest absolute Gasteiger partial charge is 0.476 e. The number of rotatable bonds is 6.